The summed E-state index contributed by atoms with van der Waals surface area (Å²) in [6, 6.07) is 5.19. The standard InChI is InChI=1S/C22H33N3O4/c1-4-13-24(18-14-19(29-5-2)22(18)11-6-7-12-22)15-20(26)23-21-16(3)9-8-10-17(21)25(27)28/h8-10,18-19H,4-7,11-15H2,1-3H3,(H,23,26)/t18-,19-/m0/s1. The van der Waals surface area contributed by atoms with E-state index in [2.05, 4.69) is 17.1 Å². The fraction of sp³-hybridized carbons (Fsp3) is 0.682. The number of nitrogens with one attached hydrogen (secondary N) is 1. The van der Waals surface area contributed by atoms with Crippen molar-refractivity contribution in [1.82, 2.24) is 4.90 Å². The van der Waals surface area contributed by atoms with E-state index in [0.717, 1.165) is 38.8 Å². The average Bonchev–Trinajstić information content (AvgIpc) is 3.19. The van der Waals surface area contributed by atoms with Crippen LogP contribution in [0.2, 0.25) is 0 Å². The number of nitro groups is 1. The van der Waals surface area contributed by atoms with Gasteiger partial charge in [-0.15, -0.1) is 0 Å². The average molecular weight is 404 g/mol. The maximum atomic E-state index is 12.9. The number of para-hydroxylation sites is 1. The van der Waals surface area contributed by atoms with E-state index >= 15 is 0 Å². The highest BCUT2D eigenvalue weighted by molar-refractivity contribution is 5.95. The number of benzene rings is 1. The topological polar surface area (TPSA) is 84.7 Å². The Balaban J connectivity index is 1.73. The molecule has 1 aromatic carbocycles. The lowest BCUT2D eigenvalue weighted by Crippen LogP contribution is -2.64. The first-order chi connectivity index (χ1) is 13.9. The summed E-state index contributed by atoms with van der Waals surface area (Å²) in [5.74, 6) is -0.191. The summed E-state index contributed by atoms with van der Waals surface area (Å²) in [5.41, 5.74) is 1.10. The van der Waals surface area contributed by atoms with Gasteiger partial charge < -0.3 is 10.1 Å². The van der Waals surface area contributed by atoms with Gasteiger partial charge in [0, 0.05) is 24.1 Å². The van der Waals surface area contributed by atoms with Gasteiger partial charge in [0.25, 0.3) is 5.69 Å². The van der Waals surface area contributed by atoms with Gasteiger partial charge in [-0.25, -0.2) is 0 Å². The molecular formula is C22H33N3O4. The molecular weight excluding hydrogens is 370 g/mol. The molecule has 1 amide bonds. The number of nitro benzene ring substituents is 1. The van der Waals surface area contributed by atoms with Crippen LogP contribution in [0.3, 0.4) is 0 Å². The number of hydrogen-bond acceptors (Lipinski definition) is 5. The van der Waals surface area contributed by atoms with E-state index in [9.17, 15) is 14.9 Å². The van der Waals surface area contributed by atoms with E-state index in [1.54, 1.807) is 19.1 Å². The van der Waals surface area contributed by atoms with Gasteiger partial charge in [0.15, 0.2) is 0 Å². The van der Waals surface area contributed by atoms with Crippen molar-refractivity contribution in [2.45, 2.75) is 71.4 Å². The van der Waals surface area contributed by atoms with Crippen LogP contribution in [-0.2, 0) is 9.53 Å². The first kappa shape index (κ1) is 21.7. The SMILES string of the molecule is CCCN(CC(=O)Nc1c(C)cccc1[N+](=O)[O-])[C@H]1C[C@H](OCC)C12CCCC2. The predicted octanol–water partition coefficient (Wildman–Crippen LogP) is 4.29. The Labute approximate surface area is 172 Å². The van der Waals surface area contributed by atoms with E-state index in [-0.39, 0.29) is 23.6 Å². The van der Waals surface area contributed by atoms with Crippen LogP contribution in [0.4, 0.5) is 11.4 Å². The molecule has 0 heterocycles. The smallest absolute Gasteiger partial charge is 0.293 e. The van der Waals surface area contributed by atoms with Crippen LogP contribution in [0, 0.1) is 22.5 Å². The molecule has 2 aliphatic rings. The molecule has 1 spiro atoms. The minimum Gasteiger partial charge on any atom is -0.378 e. The molecule has 7 nitrogen and oxygen atoms in total. The largest absolute Gasteiger partial charge is 0.378 e. The fourth-order valence-electron chi connectivity index (χ4n) is 5.33. The van der Waals surface area contributed by atoms with Gasteiger partial charge in [-0.05, 0) is 51.6 Å². The Morgan fingerprint density at radius 3 is 2.69 bits per heavy atom. The fourth-order valence-corrected chi connectivity index (χ4v) is 5.33. The molecule has 0 aliphatic heterocycles. The minimum atomic E-state index is -0.446. The lowest BCUT2D eigenvalue weighted by atomic mass is 9.60. The number of anilines is 1. The third-order valence-electron chi connectivity index (χ3n) is 6.65. The summed E-state index contributed by atoms with van der Waals surface area (Å²) < 4.78 is 6.03. The van der Waals surface area contributed by atoms with Crippen molar-refractivity contribution in [2.75, 3.05) is 25.0 Å². The van der Waals surface area contributed by atoms with Crippen molar-refractivity contribution < 1.29 is 14.5 Å². The summed E-state index contributed by atoms with van der Waals surface area (Å²) in [6.07, 6.45) is 6.99. The second-order valence-electron chi connectivity index (χ2n) is 8.38. The Hall–Kier alpha value is -1.99. The van der Waals surface area contributed by atoms with Gasteiger partial charge in [0.05, 0.1) is 17.6 Å². The van der Waals surface area contributed by atoms with Gasteiger partial charge in [0.2, 0.25) is 5.91 Å². The highest BCUT2D eigenvalue weighted by Gasteiger charge is 2.58. The molecule has 0 bridgehead atoms. The first-order valence-electron chi connectivity index (χ1n) is 10.8. The van der Waals surface area contributed by atoms with Crippen LogP contribution in [0.15, 0.2) is 18.2 Å². The highest BCUT2D eigenvalue weighted by Crippen LogP contribution is 2.56. The highest BCUT2D eigenvalue weighted by atomic mass is 16.6. The van der Waals surface area contributed by atoms with E-state index in [1.165, 1.54) is 18.9 Å². The van der Waals surface area contributed by atoms with Crippen LogP contribution in [0.5, 0.6) is 0 Å². The molecule has 160 valence electrons. The Kier molecular flexibility index (Phi) is 6.90. The normalized spacial score (nSPS) is 22.6. The van der Waals surface area contributed by atoms with Crippen molar-refractivity contribution >= 4 is 17.3 Å². The zero-order valence-corrected chi connectivity index (χ0v) is 17.8. The van der Waals surface area contributed by atoms with Crippen LogP contribution < -0.4 is 5.32 Å². The molecule has 3 rings (SSSR count). The first-order valence-corrected chi connectivity index (χ1v) is 10.8. The predicted molar refractivity (Wildman–Crippen MR) is 113 cm³/mol. The summed E-state index contributed by atoms with van der Waals surface area (Å²) in [4.78, 5) is 26.0. The van der Waals surface area contributed by atoms with Gasteiger partial charge >= 0.3 is 0 Å². The molecule has 0 unspecified atom stereocenters. The van der Waals surface area contributed by atoms with Crippen LogP contribution in [0.25, 0.3) is 0 Å². The van der Waals surface area contributed by atoms with Crippen molar-refractivity contribution in [1.29, 1.82) is 0 Å². The Bertz CT molecular complexity index is 746. The molecule has 1 aromatic rings. The number of aryl methyl sites for hydroxylation is 1. The van der Waals surface area contributed by atoms with Gasteiger partial charge in [-0.2, -0.15) is 0 Å². The molecule has 2 aliphatic carbocycles. The van der Waals surface area contributed by atoms with Crippen molar-refractivity contribution in [3.8, 4) is 0 Å². The summed E-state index contributed by atoms with van der Waals surface area (Å²) in [6.45, 7) is 7.77. The van der Waals surface area contributed by atoms with E-state index < -0.39 is 4.92 Å². The molecule has 2 saturated carbocycles. The Morgan fingerprint density at radius 2 is 2.07 bits per heavy atom. The lowest BCUT2D eigenvalue weighted by molar-refractivity contribution is -0.384. The maximum absolute atomic E-state index is 12.9. The van der Waals surface area contributed by atoms with Gasteiger partial charge in [-0.3, -0.25) is 19.8 Å². The van der Waals surface area contributed by atoms with Crippen molar-refractivity contribution in [3.05, 3.63) is 33.9 Å². The zero-order valence-electron chi connectivity index (χ0n) is 17.8. The van der Waals surface area contributed by atoms with Crippen molar-refractivity contribution in [2.24, 2.45) is 5.41 Å². The molecule has 29 heavy (non-hydrogen) atoms. The molecule has 2 atom stereocenters. The molecule has 7 heteroatoms. The Morgan fingerprint density at radius 1 is 1.34 bits per heavy atom. The zero-order chi connectivity index (χ0) is 21.0. The number of rotatable bonds is 9. The van der Waals surface area contributed by atoms with Gasteiger partial charge in [0.1, 0.15) is 5.69 Å². The summed E-state index contributed by atoms with van der Waals surface area (Å²) in [7, 11) is 0. The molecule has 0 aromatic heterocycles. The number of ether oxygens (including phenoxy) is 1. The third kappa shape index (κ3) is 4.31. The minimum absolute atomic E-state index is 0.0623. The lowest BCUT2D eigenvalue weighted by Gasteiger charge is -2.57. The van der Waals surface area contributed by atoms with Crippen LogP contribution in [0.1, 0.15) is 57.9 Å². The number of carbonyl (C=O) groups excluding carboxylic acids is 1. The number of nitrogens with zero attached hydrogens (tertiary/aromatic N) is 2. The second-order valence-corrected chi connectivity index (χ2v) is 8.38. The second kappa shape index (κ2) is 9.22. The van der Waals surface area contributed by atoms with Crippen LogP contribution in [-0.4, -0.2) is 47.6 Å². The molecule has 1 N–H and O–H groups in total. The quantitative estimate of drug-likeness (QED) is 0.491. The van der Waals surface area contributed by atoms with Gasteiger partial charge in [-0.1, -0.05) is 31.9 Å². The maximum Gasteiger partial charge on any atom is 0.293 e. The molecule has 0 radical (unpaired) electrons. The number of amides is 1. The molecule has 2 fully saturated rings. The van der Waals surface area contributed by atoms with E-state index in [0.29, 0.717) is 23.4 Å². The molecule has 0 saturated heterocycles. The van der Waals surface area contributed by atoms with E-state index in [1.807, 2.05) is 6.92 Å². The third-order valence-corrected chi connectivity index (χ3v) is 6.65. The van der Waals surface area contributed by atoms with Crippen LogP contribution >= 0.6 is 0 Å². The monoisotopic (exact) mass is 403 g/mol. The van der Waals surface area contributed by atoms with E-state index in [4.69, 9.17) is 4.74 Å². The summed E-state index contributed by atoms with van der Waals surface area (Å²) >= 11 is 0. The number of carbonyl (C=O) groups is 1. The summed E-state index contributed by atoms with van der Waals surface area (Å²) in [5, 5.41) is 14.2. The van der Waals surface area contributed by atoms with Crippen molar-refractivity contribution in [3.63, 3.8) is 0 Å². The number of hydrogen-bond donors (Lipinski definition) is 1.